The Morgan fingerprint density at radius 2 is 2.24 bits per heavy atom. The summed E-state index contributed by atoms with van der Waals surface area (Å²) in [5, 5.41) is 0. The van der Waals surface area contributed by atoms with Crippen LogP contribution in [0, 0.1) is 0 Å². The zero-order valence-electron chi connectivity index (χ0n) is 12.6. The summed E-state index contributed by atoms with van der Waals surface area (Å²) in [6.07, 6.45) is 0.820. The highest BCUT2D eigenvalue weighted by atomic mass is 16.5. The van der Waals surface area contributed by atoms with Crippen molar-refractivity contribution in [3.05, 3.63) is 30.1 Å². The van der Waals surface area contributed by atoms with E-state index in [0.29, 0.717) is 26.3 Å². The van der Waals surface area contributed by atoms with Crippen LogP contribution in [0.2, 0.25) is 0 Å². The lowest BCUT2D eigenvalue weighted by molar-refractivity contribution is -0.139. The SMILES string of the molecule is CCc1nc2ccccc2n1CC(=O)N1CCOCC1C. The number of aryl methyl sites for hydroxylation is 1. The van der Waals surface area contributed by atoms with Crippen molar-refractivity contribution in [1.29, 1.82) is 0 Å². The summed E-state index contributed by atoms with van der Waals surface area (Å²) in [4.78, 5) is 19.1. The van der Waals surface area contributed by atoms with Crippen LogP contribution in [0.15, 0.2) is 24.3 Å². The van der Waals surface area contributed by atoms with Crippen LogP contribution < -0.4 is 0 Å². The first-order chi connectivity index (χ1) is 10.2. The average Bonchev–Trinajstić information content (AvgIpc) is 2.86. The van der Waals surface area contributed by atoms with Gasteiger partial charge in [0, 0.05) is 13.0 Å². The van der Waals surface area contributed by atoms with Crippen molar-refractivity contribution < 1.29 is 9.53 Å². The molecular formula is C16H21N3O2. The van der Waals surface area contributed by atoms with Gasteiger partial charge in [-0.2, -0.15) is 0 Å². The van der Waals surface area contributed by atoms with E-state index in [1.807, 2.05) is 40.7 Å². The quantitative estimate of drug-likeness (QED) is 0.865. The van der Waals surface area contributed by atoms with Crippen LogP contribution in [0.4, 0.5) is 0 Å². The molecule has 1 aromatic heterocycles. The number of morpholine rings is 1. The monoisotopic (exact) mass is 287 g/mol. The minimum atomic E-state index is 0.142. The number of ether oxygens (including phenoxy) is 1. The molecule has 1 unspecified atom stereocenters. The molecule has 0 saturated carbocycles. The largest absolute Gasteiger partial charge is 0.377 e. The first kappa shape index (κ1) is 14.1. The Kier molecular flexibility index (Phi) is 3.92. The summed E-state index contributed by atoms with van der Waals surface area (Å²) in [5.74, 6) is 1.11. The average molecular weight is 287 g/mol. The first-order valence-corrected chi connectivity index (χ1v) is 7.52. The molecule has 2 heterocycles. The van der Waals surface area contributed by atoms with Gasteiger partial charge < -0.3 is 14.2 Å². The topological polar surface area (TPSA) is 47.4 Å². The third-order valence-corrected chi connectivity index (χ3v) is 4.03. The van der Waals surface area contributed by atoms with Gasteiger partial charge in [-0.05, 0) is 19.1 Å². The number of carbonyl (C=O) groups excluding carboxylic acids is 1. The highest BCUT2D eigenvalue weighted by Crippen LogP contribution is 2.17. The molecule has 1 saturated heterocycles. The minimum Gasteiger partial charge on any atom is -0.377 e. The fourth-order valence-electron chi connectivity index (χ4n) is 2.90. The van der Waals surface area contributed by atoms with Gasteiger partial charge in [0.15, 0.2) is 0 Å². The maximum absolute atomic E-state index is 12.6. The normalized spacial score (nSPS) is 19.1. The molecular weight excluding hydrogens is 266 g/mol. The number of amides is 1. The number of fused-ring (bicyclic) bond motifs is 1. The standard InChI is InChI=1S/C16H21N3O2/c1-3-15-17-13-6-4-5-7-14(13)19(15)10-16(20)18-8-9-21-11-12(18)2/h4-7,12H,3,8-11H2,1-2H3. The first-order valence-electron chi connectivity index (χ1n) is 7.52. The molecule has 0 bridgehead atoms. The summed E-state index contributed by atoms with van der Waals surface area (Å²) in [6.45, 7) is 6.38. The van der Waals surface area contributed by atoms with Crippen LogP contribution in [0.25, 0.3) is 11.0 Å². The number of carbonyl (C=O) groups is 1. The Hall–Kier alpha value is -1.88. The van der Waals surface area contributed by atoms with Crippen LogP contribution in [0.5, 0.6) is 0 Å². The van der Waals surface area contributed by atoms with Crippen molar-refractivity contribution in [1.82, 2.24) is 14.5 Å². The second-order valence-corrected chi connectivity index (χ2v) is 5.47. The molecule has 0 radical (unpaired) electrons. The fraction of sp³-hybridized carbons (Fsp3) is 0.500. The number of hydrogen-bond acceptors (Lipinski definition) is 3. The van der Waals surface area contributed by atoms with Crippen molar-refractivity contribution in [2.24, 2.45) is 0 Å². The Morgan fingerprint density at radius 1 is 1.43 bits per heavy atom. The van der Waals surface area contributed by atoms with Crippen molar-refractivity contribution in [2.75, 3.05) is 19.8 Å². The van der Waals surface area contributed by atoms with Crippen molar-refractivity contribution in [3.8, 4) is 0 Å². The number of imidazole rings is 1. The van der Waals surface area contributed by atoms with Crippen molar-refractivity contribution in [2.45, 2.75) is 32.9 Å². The molecule has 2 aromatic rings. The van der Waals surface area contributed by atoms with E-state index >= 15 is 0 Å². The summed E-state index contributed by atoms with van der Waals surface area (Å²) < 4.78 is 7.44. The van der Waals surface area contributed by atoms with Gasteiger partial charge in [0.25, 0.3) is 0 Å². The number of nitrogens with zero attached hydrogens (tertiary/aromatic N) is 3. The predicted octanol–water partition coefficient (Wildman–Crippen LogP) is 1.85. The van der Waals surface area contributed by atoms with Gasteiger partial charge >= 0.3 is 0 Å². The van der Waals surface area contributed by atoms with E-state index in [4.69, 9.17) is 4.74 Å². The predicted molar refractivity (Wildman–Crippen MR) is 81.1 cm³/mol. The van der Waals surface area contributed by atoms with E-state index in [2.05, 4.69) is 11.9 Å². The fourth-order valence-corrected chi connectivity index (χ4v) is 2.90. The van der Waals surface area contributed by atoms with Crippen molar-refractivity contribution >= 4 is 16.9 Å². The molecule has 1 atom stereocenters. The van der Waals surface area contributed by atoms with E-state index in [9.17, 15) is 4.79 Å². The van der Waals surface area contributed by atoms with Gasteiger partial charge in [-0.3, -0.25) is 4.79 Å². The highest BCUT2D eigenvalue weighted by molar-refractivity contribution is 5.81. The van der Waals surface area contributed by atoms with Gasteiger partial charge in [0.1, 0.15) is 12.4 Å². The summed E-state index contributed by atoms with van der Waals surface area (Å²) in [7, 11) is 0. The summed E-state index contributed by atoms with van der Waals surface area (Å²) in [6, 6.07) is 8.13. The zero-order chi connectivity index (χ0) is 14.8. The Labute approximate surface area is 124 Å². The molecule has 1 fully saturated rings. The van der Waals surface area contributed by atoms with E-state index < -0.39 is 0 Å². The van der Waals surface area contributed by atoms with Gasteiger partial charge in [-0.15, -0.1) is 0 Å². The number of aromatic nitrogens is 2. The molecule has 21 heavy (non-hydrogen) atoms. The molecule has 1 aromatic carbocycles. The van der Waals surface area contributed by atoms with E-state index in [1.165, 1.54) is 0 Å². The van der Waals surface area contributed by atoms with Gasteiger partial charge in [0.05, 0.1) is 30.3 Å². The second kappa shape index (κ2) is 5.85. The molecule has 0 spiro atoms. The highest BCUT2D eigenvalue weighted by Gasteiger charge is 2.24. The lowest BCUT2D eigenvalue weighted by Crippen LogP contribution is -2.48. The molecule has 3 rings (SSSR count). The maximum atomic E-state index is 12.6. The number of rotatable bonds is 3. The molecule has 1 amide bonds. The summed E-state index contributed by atoms with van der Waals surface area (Å²) in [5.41, 5.74) is 1.99. The third-order valence-electron chi connectivity index (χ3n) is 4.03. The molecule has 0 N–H and O–H groups in total. The lowest BCUT2D eigenvalue weighted by Gasteiger charge is -2.33. The zero-order valence-corrected chi connectivity index (χ0v) is 12.6. The number of benzene rings is 1. The van der Waals surface area contributed by atoms with E-state index in [0.717, 1.165) is 23.3 Å². The maximum Gasteiger partial charge on any atom is 0.242 e. The Balaban J connectivity index is 1.88. The molecule has 1 aliphatic rings. The Bertz CT molecular complexity index is 650. The van der Waals surface area contributed by atoms with E-state index in [-0.39, 0.29) is 11.9 Å². The second-order valence-electron chi connectivity index (χ2n) is 5.47. The lowest BCUT2D eigenvalue weighted by atomic mass is 10.2. The third kappa shape index (κ3) is 2.65. The molecule has 112 valence electrons. The number of hydrogen-bond donors (Lipinski definition) is 0. The van der Waals surface area contributed by atoms with Gasteiger partial charge in [0.2, 0.25) is 5.91 Å². The molecule has 0 aliphatic carbocycles. The van der Waals surface area contributed by atoms with Crippen LogP contribution in [0.1, 0.15) is 19.7 Å². The van der Waals surface area contributed by atoms with Gasteiger partial charge in [-0.25, -0.2) is 4.98 Å². The number of para-hydroxylation sites is 2. The van der Waals surface area contributed by atoms with Crippen LogP contribution in [-0.2, 0) is 22.5 Å². The Morgan fingerprint density at radius 3 is 3.00 bits per heavy atom. The van der Waals surface area contributed by atoms with Gasteiger partial charge in [-0.1, -0.05) is 19.1 Å². The minimum absolute atomic E-state index is 0.142. The van der Waals surface area contributed by atoms with Crippen LogP contribution in [-0.4, -0.2) is 46.2 Å². The molecule has 5 heteroatoms. The van der Waals surface area contributed by atoms with E-state index in [1.54, 1.807) is 0 Å². The van der Waals surface area contributed by atoms with Crippen LogP contribution >= 0.6 is 0 Å². The summed E-state index contributed by atoms with van der Waals surface area (Å²) >= 11 is 0. The van der Waals surface area contributed by atoms with Crippen molar-refractivity contribution in [3.63, 3.8) is 0 Å². The van der Waals surface area contributed by atoms with Crippen LogP contribution in [0.3, 0.4) is 0 Å². The molecule has 5 nitrogen and oxygen atoms in total. The molecule has 1 aliphatic heterocycles. The smallest absolute Gasteiger partial charge is 0.242 e.